The third-order valence-corrected chi connectivity index (χ3v) is 4.72. The van der Waals surface area contributed by atoms with E-state index >= 15 is 0 Å². The zero-order valence-corrected chi connectivity index (χ0v) is 13.5. The number of anilines is 1. The minimum atomic E-state index is -0.122. The number of nitrogens with zero attached hydrogens (tertiary/aromatic N) is 4. The van der Waals surface area contributed by atoms with E-state index < -0.39 is 0 Å². The second-order valence-electron chi connectivity index (χ2n) is 4.83. The Morgan fingerprint density at radius 1 is 1.30 bits per heavy atom. The minimum Gasteiger partial charge on any atom is -0.302 e. The summed E-state index contributed by atoms with van der Waals surface area (Å²) in [6, 6.07) is 3.79. The molecule has 0 aliphatic rings. The van der Waals surface area contributed by atoms with Gasteiger partial charge in [0.2, 0.25) is 5.91 Å². The molecular formula is C15H11N5OS2. The van der Waals surface area contributed by atoms with E-state index in [2.05, 4.69) is 20.3 Å². The first-order valence-corrected chi connectivity index (χ1v) is 8.61. The first-order valence-electron chi connectivity index (χ1n) is 6.85. The first kappa shape index (κ1) is 14.0. The van der Waals surface area contributed by atoms with Crippen molar-refractivity contribution in [3.8, 4) is 11.3 Å². The normalized spacial score (nSPS) is 11.0. The van der Waals surface area contributed by atoms with Crippen LogP contribution in [0.1, 0.15) is 5.69 Å². The molecule has 0 aromatic carbocycles. The summed E-state index contributed by atoms with van der Waals surface area (Å²) in [7, 11) is 0. The van der Waals surface area contributed by atoms with E-state index in [0.29, 0.717) is 5.13 Å². The smallest absolute Gasteiger partial charge is 0.232 e. The van der Waals surface area contributed by atoms with Gasteiger partial charge in [-0.2, -0.15) is 0 Å². The number of amides is 1. The van der Waals surface area contributed by atoms with Gasteiger partial charge in [-0.1, -0.05) is 0 Å². The third kappa shape index (κ3) is 2.99. The van der Waals surface area contributed by atoms with Crippen LogP contribution in [0.2, 0.25) is 0 Å². The molecule has 0 saturated heterocycles. The van der Waals surface area contributed by atoms with Crippen LogP contribution in [0.3, 0.4) is 0 Å². The maximum Gasteiger partial charge on any atom is 0.232 e. The Labute approximate surface area is 139 Å². The number of pyridine rings is 1. The molecule has 0 fully saturated rings. The number of aromatic nitrogens is 4. The van der Waals surface area contributed by atoms with Crippen molar-refractivity contribution in [1.82, 2.24) is 19.4 Å². The number of carbonyl (C=O) groups is 1. The van der Waals surface area contributed by atoms with Gasteiger partial charge < -0.3 is 5.32 Å². The van der Waals surface area contributed by atoms with Crippen molar-refractivity contribution in [2.45, 2.75) is 6.42 Å². The van der Waals surface area contributed by atoms with Gasteiger partial charge in [-0.05, 0) is 12.1 Å². The molecule has 0 aliphatic carbocycles. The van der Waals surface area contributed by atoms with Crippen LogP contribution < -0.4 is 5.32 Å². The second-order valence-corrected chi connectivity index (χ2v) is 6.56. The Kier molecular flexibility index (Phi) is 3.60. The zero-order valence-electron chi connectivity index (χ0n) is 11.8. The lowest BCUT2D eigenvalue weighted by atomic mass is 10.2. The number of imidazole rings is 1. The molecule has 0 saturated carbocycles. The number of nitrogens with one attached hydrogen (secondary N) is 1. The highest BCUT2D eigenvalue weighted by Crippen LogP contribution is 2.24. The SMILES string of the molecule is O=C(Cc1cn2ccsc2n1)Nc1nc(-c2cccnc2)cs1. The first-order chi connectivity index (χ1) is 11.3. The summed E-state index contributed by atoms with van der Waals surface area (Å²) in [4.78, 5) is 25.9. The van der Waals surface area contributed by atoms with Gasteiger partial charge in [0.1, 0.15) is 0 Å². The zero-order chi connectivity index (χ0) is 15.6. The van der Waals surface area contributed by atoms with Gasteiger partial charge in [0.25, 0.3) is 0 Å². The molecular weight excluding hydrogens is 330 g/mol. The average molecular weight is 341 g/mol. The van der Waals surface area contributed by atoms with Crippen molar-refractivity contribution < 1.29 is 4.79 Å². The van der Waals surface area contributed by atoms with Crippen molar-refractivity contribution in [2.75, 3.05) is 5.32 Å². The molecule has 4 heterocycles. The molecule has 0 bridgehead atoms. The largest absolute Gasteiger partial charge is 0.302 e. The highest BCUT2D eigenvalue weighted by Gasteiger charge is 2.11. The van der Waals surface area contributed by atoms with Gasteiger partial charge in [0.05, 0.1) is 17.8 Å². The van der Waals surface area contributed by atoms with E-state index in [-0.39, 0.29) is 12.3 Å². The van der Waals surface area contributed by atoms with Gasteiger partial charge in [0, 0.05) is 41.1 Å². The molecule has 1 amide bonds. The van der Waals surface area contributed by atoms with Gasteiger partial charge in [-0.25, -0.2) is 9.97 Å². The summed E-state index contributed by atoms with van der Waals surface area (Å²) in [5, 5.41) is 7.26. The van der Waals surface area contributed by atoms with Crippen LogP contribution >= 0.6 is 22.7 Å². The summed E-state index contributed by atoms with van der Waals surface area (Å²) < 4.78 is 1.91. The monoisotopic (exact) mass is 341 g/mol. The van der Waals surface area contributed by atoms with Crippen molar-refractivity contribution in [1.29, 1.82) is 0 Å². The number of fused-ring (bicyclic) bond motifs is 1. The van der Waals surface area contributed by atoms with Crippen LogP contribution in [-0.2, 0) is 11.2 Å². The van der Waals surface area contributed by atoms with Crippen LogP contribution in [0.15, 0.2) is 47.7 Å². The molecule has 114 valence electrons. The maximum atomic E-state index is 12.1. The molecule has 0 unspecified atom stereocenters. The van der Waals surface area contributed by atoms with Gasteiger partial charge >= 0.3 is 0 Å². The minimum absolute atomic E-state index is 0.122. The molecule has 4 aromatic rings. The summed E-state index contributed by atoms with van der Waals surface area (Å²) in [5.74, 6) is -0.122. The molecule has 1 N–H and O–H groups in total. The lowest BCUT2D eigenvalue weighted by Gasteiger charge is -1.99. The van der Waals surface area contributed by atoms with Gasteiger partial charge in [-0.3, -0.25) is 14.2 Å². The predicted molar refractivity (Wildman–Crippen MR) is 90.7 cm³/mol. The van der Waals surface area contributed by atoms with Crippen molar-refractivity contribution in [3.05, 3.63) is 53.4 Å². The van der Waals surface area contributed by atoms with E-state index in [1.807, 2.05) is 39.7 Å². The fraction of sp³-hybridized carbons (Fsp3) is 0.0667. The fourth-order valence-electron chi connectivity index (χ4n) is 2.17. The molecule has 0 atom stereocenters. The van der Waals surface area contributed by atoms with E-state index in [1.54, 1.807) is 23.7 Å². The molecule has 8 heteroatoms. The molecule has 0 spiro atoms. The maximum absolute atomic E-state index is 12.1. The van der Waals surface area contributed by atoms with E-state index in [0.717, 1.165) is 21.9 Å². The van der Waals surface area contributed by atoms with Gasteiger partial charge in [-0.15, -0.1) is 22.7 Å². The van der Waals surface area contributed by atoms with E-state index in [4.69, 9.17) is 0 Å². The molecule has 23 heavy (non-hydrogen) atoms. The molecule has 4 aromatic heterocycles. The highest BCUT2D eigenvalue weighted by molar-refractivity contribution is 7.15. The molecule has 0 aliphatic heterocycles. The summed E-state index contributed by atoms with van der Waals surface area (Å²) in [5.41, 5.74) is 2.48. The number of thiazole rings is 2. The number of carbonyl (C=O) groups excluding carboxylic acids is 1. The Bertz CT molecular complexity index is 928. The quantitative estimate of drug-likeness (QED) is 0.619. The van der Waals surface area contributed by atoms with Crippen molar-refractivity contribution >= 4 is 38.7 Å². The third-order valence-electron chi connectivity index (χ3n) is 3.19. The fourth-order valence-corrected chi connectivity index (χ4v) is 3.62. The van der Waals surface area contributed by atoms with Crippen LogP contribution in [-0.4, -0.2) is 25.3 Å². The topological polar surface area (TPSA) is 72.2 Å². The highest BCUT2D eigenvalue weighted by atomic mass is 32.1. The molecule has 6 nitrogen and oxygen atoms in total. The van der Waals surface area contributed by atoms with E-state index in [1.165, 1.54) is 11.3 Å². The number of hydrogen-bond donors (Lipinski definition) is 1. The Morgan fingerprint density at radius 2 is 2.26 bits per heavy atom. The molecule has 4 rings (SSSR count). The van der Waals surface area contributed by atoms with Crippen molar-refractivity contribution in [2.24, 2.45) is 0 Å². The van der Waals surface area contributed by atoms with Crippen LogP contribution in [0.4, 0.5) is 5.13 Å². The van der Waals surface area contributed by atoms with Crippen LogP contribution in [0, 0.1) is 0 Å². The Hall–Kier alpha value is -2.58. The summed E-state index contributed by atoms with van der Waals surface area (Å²) in [6.07, 6.45) is 7.49. The number of hydrogen-bond acceptors (Lipinski definition) is 6. The van der Waals surface area contributed by atoms with Crippen molar-refractivity contribution in [3.63, 3.8) is 0 Å². The Balaban J connectivity index is 1.44. The second kappa shape index (κ2) is 5.90. The van der Waals surface area contributed by atoms with Gasteiger partial charge in [0.15, 0.2) is 10.1 Å². The van der Waals surface area contributed by atoms with Crippen LogP contribution in [0.5, 0.6) is 0 Å². The summed E-state index contributed by atoms with van der Waals surface area (Å²) >= 11 is 2.94. The number of rotatable bonds is 4. The average Bonchev–Trinajstić information content (AvgIpc) is 3.24. The predicted octanol–water partition coefficient (Wildman–Crippen LogP) is 3.10. The lowest BCUT2D eigenvalue weighted by Crippen LogP contribution is -2.14. The van der Waals surface area contributed by atoms with Crippen LogP contribution in [0.25, 0.3) is 16.2 Å². The summed E-state index contributed by atoms with van der Waals surface area (Å²) in [6.45, 7) is 0. The Morgan fingerprint density at radius 3 is 3.09 bits per heavy atom. The lowest BCUT2D eigenvalue weighted by molar-refractivity contribution is -0.115. The standard InChI is InChI=1S/C15H11N5OS2/c21-13(6-11-8-20-4-5-22-15(20)17-11)19-14-18-12(9-23-14)10-2-1-3-16-7-10/h1-5,7-9H,6H2,(H,18,19,21). The molecule has 0 radical (unpaired) electrons. The van der Waals surface area contributed by atoms with E-state index in [9.17, 15) is 4.79 Å².